The van der Waals surface area contributed by atoms with Gasteiger partial charge in [0, 0.05) is 29.9 Å². The SMILES string of the molecule is C[C@]12CCC(=O)C=C1CC[C@@H]1[C@@H]2CC[C@]2(C)C3=C(C[C@@H]12)C(c1cccnc1)NC(=S)N3. The number of aromatic nitrogens is 1. The Morgan fingerprint density at radius 1 is 1.13 bits per heavy atom. The number of fused-ring (bicyclic) bond motifs is 6. The van der Waals surface area contributed by atoms with E-state index in [4.69, 9.17) is 12.2 Å². The van der Waals surface area contributed by atoms with E-state index in [9.17, 15) is 4.79 Å². The monoisotopic (exact) mass is 433 g/mol. The predicted molar refractivity (Wildman–Crippen MR) is 125 cm³/mol. The van der Waals surface area contributed by atoms with Gasteiger partial charge in [0.25, 0.3) is 0 Å². The molecular formula is C26H31N3OS. The summed E-state index contributed by atoms with van der Waals surface area (Å²) in [5.41, 5.74) is 5.89. The Balaban J connectivity index is 1.37. The second kappa shape index (κ2) is 6.74. The maximum absolute atomic E-state index is 12.1. The van der Waals surface area contributed by atoms with Crippen molar-refractivity contribution in [3.05, 3.63) is 53.0 Å². The average Bonchev–Trinajstić information content (AvgIpc) is 3.07. The maximum Gasteiger partial charge on any atom is 0.171 e. The molecular weight excluding hydrogens is 402 g/mol. The lowest BCUT2D eigenvalue weighted by Gasteiger charge is -2.57. The van der Waals surface area contributed by atoms with Crippen LogP contribution < -0.4 is 10.6 Å². The highest BCUT2D eigenvalue weighted by atomic mass is 32.1. The molecule has 4 aliphatic carbocycles. The molecule has 4 nitrogen and oxygen atoms in total. The first kappa shape index (κ1) is 19.7. The van der Waals surface area contributed by atoms with E-state index in [1.54, 1.807) is 0 Å². The third-order valence-electron chi connectivity index (χ3n) is 9.56. The number of nitrogens with zero attached hydrogens (tertiary/aromatic N) is 1. The molecule has 5 aliphatic rings. The zero-order valence-corrected chi connectivity index (χ0v) is 19.2. The number of rotatable bonds is 1. The lowest BCUT2D eigenvalue weighted by Crippen LogP contribution is -2.52. The van der Waals surface area contributed by atoms with E-state index in [-0.39, 0.29) is 16.9 Å². The van der Waals surface area contributed by atoms with E-state index >= 15 is 0 Å². The van der Waals surface area contributed by atoms with Crippen LogP contribution in [-0.4, -0.2) is 15.9 Å². The molecule has 2 saturated carbocycles. The van der Waals surface area contributed by atoms with Gasteiger partial charge in [-0.15, -0.1) is 0 Å². The number of nitrogens with one attached hydrogen (secondary N) is 2. The van der Waals surface area contributed by atoms with Gasteiger partial charge in [0.2, 0.25) is 0 Å². The average molecular weight is 434 g/mol. The molecule has 1 aliphatic heterocycles. The lowest BCUT2D eigenvalue weighted by atomic mass is 9.47. The third kappa shape index (κ3) is 2.75. The fourth-order valence-corrected chi connectivity index (χ4v) is 8.18. The summed E-state index contributed by atoms with van der Waals surface area (Å²) in [6.07, 6.45) is 13.5. The first-order valence-corrected chi connectivity index (χ1v) is 12.3. The van der Waals surface area contributed by atoms with Crippen LogP contribution >= 0.6 is 12.2 Å². The van der Waals surface area contributed by atoms with Crippen LogP contribution in [0.1, 0.15) is 70.4 Å². The van der Waals surface area contributed by atoms with Gasteiger partial charge in [-0.3, -0.25) is 9.78 Å². The Labute approximate surface area is 190 Å². The molecule has 0 saturated heterocycles. The highest BCUT2D eigenvalue weighted by Crippen LogP contribution is 2.67. The molecule has 5 heteroatoms. The van der Waals surface area contributed by atoms with E-state index in [2.05, 4.69) is 35.5 Å². The van der Waals surface area contributed by atoms with Gasteiger partial charge in [-0.2, -0.15) is 0 Å². The number of thiocarbonyl (C=S) groups is 1. The minimum absolute atomic E-state index is 0.125. The largest absolute Gasteiger partial charge is 0.352 e. The van der Waals surface area contributed by atoms with Gasteiger partial charge in [-0.25, -0.2) is 0 Å². The van der Waals surface area contributed by atoms with Gasteiger partial charge >= 0.3 is 0 Å². The standard InChI is InChI=1S/C26H31N3OS/c1-25-9-7-17(30)12-16(25)5-6-18-20(25)8-10-26(2)21(18)13-19-22(15-4-3-11-27-14-15)28-24(31)29-23(19)26/h3-4,11-12,14,18,20-22H,5-10,13H2,1-2H3,(H2,28,29,31)/t18-,20+,21+,22?,25+,26+/m1/s1. The minimum atomic E-state index is 0.125. The van der Waals surface area contributed by atoms with Gasteiger partial charge < -0.3 is 10.6 Å². The molecule has 0 bridgehead atoms. The first-order valence-electron chi connectivity index (χ1n) is 11.8. The van der Waals surface area contributed by atoms with Crippen molar-refractivity contribution in [3.8, 4) is 0 Å². The fraction of sp³-hybridized carbons (Fsp3) is 0.577. The molecule has 2 fully saturated rings. The summed E-state index contributed by atoms with van der Waals surface area (Å²) < 4.78 is 0. The Bertz CT molecular complexity index is 1030. The van der Waals surface area contributed by atoms with E-state index in [1.807, 2.05) is 24.5 Å². The van der Waals surface area contributed by atoms with Crippen LogP contribution in [-0.2, 0) is 4.79 Å². The highest BCUT2D eigenvalue weighted by Gasteiger charge is 2.59. The Morgan fingerprint density at radius 3 is 2.81 bits per heavy atom. The van der Waals surface area contributed by atoms with Crippen molar-refractivity contribution >= 4 is 23.1 Å². The van der Waals surface area contributed by atoms with Crippen molar-refractivity contribution in [1.82, 2.24) is 15.6 Å². The van der Waals surface area contributed by atoms with Crippen LogP contribution in [0.15, 0.2) is 47.4 Å². The predicted octanol–water partition coefficient (Wildman–Crippen LogP) is 5.00. The molecule has 0 aromatic carbocycles. The number of allylic oxidation sites excluding steroid dienone is 3. The zero-order chi connectivity index (χ0) is 21.4. The fourth-order valence-electron chi connectivity index (χ4n) is 7.96. The van der Waals surface area contributed by atoms with Crippen molar-refractivity contribution in [2.24, 2.45) is 28.6 Å². The van der Waals surface area contributed by atoms with E-state index in [1.165, 1.54) is 41.7 Å². The third-order valence-corrected chi connectivity index (χ3v) is 9.78. The molecule has 0 amide bonds. The summed E-state index contributed by atoms with van der Waals surface area (Å²) in [4.78, 5) is 16.5. The Morgan fingerprint density at radius 2 is 2.00 bits per heavy atom. The number of pyridine rings is 1. The van der Waals surface area contributed by atoms with Crippen molar-refractivity contribution in [1.29, 1.82) is 0 Å². The Kier molecular flexibility index (Phi) is 4.28. The Hall–Kier alpha value is -2.01. The summed E-state index contributed by atoms with van der Waals surface area (Å²) in [5, 5.41) is 7.88. The molecule has 162 valence electrons. The number of hydrogen-bond donors (Lipinski definition) is 2. The first-order chi connectivity index (χ1) is 14.9. The molecule has 0 spiro atoms. The second-order valence-corrected chi connectivity index (χ2v) is 11.3. The summed E-state index contributed by atoms with van der Waals surface area (Å²) in [6.45, 7) is 4.94. The van der Waals surface area contributed by atoms with Gasteiger partial charge in [0.15, 0.2) is 10.9 Å². The van der Waals surface area contributed by atoms with E-state index in [0.717, 1.165) is 30.8 Å². The zero-order valence-electron chi connectivity index (χ0n) is 18.4. The molecule has 1 aromatic rings. The summed E-state index contributed by atoms with van der Waals surface area (Å²) >= 11 is 5.65. The van der Waals surface area contributed by atoms with Gasteiger partial charge in [0.05, 0.1) is 6.04 Å². The van der Waals surface area contributed by atoms with Crippen molar-refractivity contribution in [2.45, 2.75) is 64.8 Å². The minimum Gasteiger partial charge on any atom is -0.352 e. The van der Waals surface area contributed by atoms with Crippen LogP contribution in [0.3, 0.4) is 0 Å². The smallest absolute Gasteiger partial charge is 0.171 e. The topological polar surface area (TPSA) is 54.0 Å². The summed E-state index contributed by atoms with van der Waals surface area (Å²) in [5.74, 6) is 2.38. The van der Waals surface area contributed by atoms with Crippen LogP contribution in [0.5, 0.6) is 0 Å². The van der Waals surface area contributed by atoms with Crippen LogP contribution in [0, 0.1) is 28.6 Å². The second-order valence-electron chi connectivity index (χ2n) is 10.8. The van der Waals surface area contributed by atoms with E-state index in [0.29, 0.717) is 23.5 Å². The molecule has 31 heavy (non-hydrogen) atoms. The molecule has 0 radical (unpaired) electrons. The molecule has 1 aromatic heterocycles. The van der Waals surface area contributed by atoms with Crippen LogP contribution in [0.4, 0.5) is 0 Å². The van der Waals surface area contributed by atoms with E-state index < -0.39 is 0 Å². The van der Waals surface area contributed by atoms with Crippen molar-refractivity contribution in [3.63, 3.8) is 0 Å². The molecule has 6 rings (SSSR count). The van der Waals surface area contributed by atoms with Gasteiger partial charge in [-0.05, 0) is 97.2 Å². The van der Waals surface area contributed by atoms with Gasteiger partial charge in [-0.1, -0.05) is 25.5 Å². The highest BCUT2D eigenvalue weighted by molar-refractivity contribution is 7.80. The lowest BCUT2D eigenvalue weighted by molar-refractivity contribution is -0.117. The number of ketones is 1. The quantitative estimate of drug-likeness (QED) is 0.611. The number of hydrogen-bond acceptors (Lipinski definition) is 3. The summed E-state index contributed by atoms with van der Waals surface area (Å²) in [7, 11) is 0. The molecule has 1 unspecified atom stereocenters. The van der Waals surface area contributed by atoms with Crippen molar-refractivity contribution in [2.75, 3.05) is 0 Å². The van der Waals surface area contributed by atoms with Crippen molar-refractivity contribution < 1.29 is 4.79 Å². The number of carbonyl (C=O) groups excluding carboxylic acids is 1. The number of carbonyl (C=O) groups is 1. The summed E-state index contributed by atoms with van der Waals surface area (Å²) in [6, 6.07) is 4.30. The maximum atomic E-state index is 12.1. The van der Waals surface area contributed by atoms with Gasteiger partial charge in [0.1, 0.15) is 0 Å². The van der Waals surface area contributed by atoms with Crippen LogP contribution in [0.2, 0.25) is 0 Å². The van der Waals surface area contributed by atoms with Crippen LogP contribution in [0.25, 0.3) is 0 Å². The normalized spacial score (nSPS) is 41.3. The molecule has 2 heterocycles. The molecule has 6 atom stereocenters. The molecule has 2 N–H and O–H groups in total.